The van der Waals surface area contributed by atoms with Crippen LogP contribution in [0.1, 0.15) is 5.56 Å². The zero-order chi connectivity index (χ0) is 19.6. The van der Waals surface area contributed by atoms with Gasteiger partial charge in [0.05, 0.1) is 16.4 Å². The van der Waals surface area contributed by atoms with Gasteiger partial charge in [-0.15, -0.1) is 5.10 Å². The summed E-state index contributed by atoms with van der Waals surface area (Å²) >= 11 is 12.2. The lowest BCUT2D eigenvalue weighted by atomic mass is 10.2. The summed E-state index contributed by atoms with van der Waals surface area (Å²) in [5, 5.41) is 15.6. The highest BCUT2D eigenvalue weighted by atomic mass is 35.5. The molecule has 0 bridgehead atoms. The van der Waals surface area contributed by atoms with Crippen molar-refractivity contribution < 1.29 is 13.3 Å². The summed E-state index contributed by atoms with van der Waals surface area (Å²) in [5.41, 5.74) is 0.406. The second-order valence-electron chi connectivity index (χ2n) is 5.32. The SMILES string of the molecule is O=[N+]([O-])c1ccc(S(=O)(=O)Nc2ncn(Cc3c(Cl)cccc3Cl)n2)cc1. The van der Waals surface area contributed by atoms with Gasteiger partial charge in [-0.25, -0.2) is 17.8 Å². The van der Waals surface area contributed by atoms with Crippen LogP contribution in [0.25, 0.3) is 0 Å². The molecule has 0 aliphatic heterocycles. The molecule has 3 aromatic rings. The van der Waals surface area contributed by atoms with E-state index < -0.39 is 14.9 Å². The predicted octanol–water partition coefficient (Wildman–Crippen LogP) is 3.34. The zero-order valence-electron chi connectivity index (χ0n) is 13.4. The third-order valence-corrected chi connectivity index (χ3v) is 5.55. The first-order chi connectivity index (χ1) is 12.8. The molecule has 0 radical (unpaired) electrons. The Kier molecular flexibility index (Phi) is 5.31. The fourth-order valence-corrected chi connectivity index (χ4v) is 3.65. The molecule has 0 unspecified atom stereocenters. The maximum atomic E-state index is 12.3. The molecular formula is C15H11Cl2N5O4S. The Bertz CT molecular complexity index is 1080. The van der Waals surface area contributed by atoms with Gasteiger partial charge in [0.2, 0.25) is 0 Å². The van der Waals surface area contributed by atoms with E-state index in [1.165, 1.54) is 11.0 Å². The number of nitrogens with zero attached hydrogens (tertiary/aromatic N) is 4. The third-order valence-electron chi connectivity index (χ3n) is 3.50. The number of nitro benzene ring substituents is 1. The summed E-state index contributed by atoms with van der Waals surface area (Å²) in [6, 6.07) is 9.51. The first-order valence-electron chi connectivity index (χ1n) is 7.36. The Morgan fingerprint density at radius 3 is 2.33 bits per heavy atom. The number of hydrogen-bond acceptors (Lipinski definition) is 6. The Morgan fingerprint density at radius 2 is 1.74 bits per heavy atom. The van der Waals surface area contributed by atoms with E-state index in [1.54, 1.807) is 18.2 Å². The summed E-state index contributed by atoms with van der Waals surface area (Å²) in [7, 11) is -3.99. The van der Waals surface area contributed by atoms with Crippen LogP contribution < -0.4 is 4.72 Å². The number of halogens is 2. The minimum atomic E-state index is -3.99. The van der Waals surface area contributed by atoms with Gasteiger partial charge in [-0.05, 0) is 24.3 Å². The molecule has 0 saturated heterocycles. The van der Waals surface area contributed by atoms with Crippen molar-refractivity contribution in [3.8, 4) is 0 Å². The van der Waals surface area contributed by atoms with Crippen molar-refractivity contribution in [1.82, 2.24) is 14.8 Å². The van der Waals surface area contributed by atoms with E-state index >= 15 is 0 Å². The highest BCUT2D eigenvalue weighted by Gasteiger charge is 2.18. The maximum Gasteiger partial charge on any atom is 0.269 e. The lowest BCUT2D eigenvalue weighted by molar-refractivity contribution is -0.384. The topological polar surface area (TPSA) is 120 Å². The third kappa shape index (κ3) is 4.35. The molecule has 0 spiro atoms. The van der Waals surface area contributed by atoms with E-state index in [0.29, 0.717) is 15.6 Å². The Balaban J connectivity index is 1.77. The number of benzene rings is 2. The molecule has 3 rings (SSSR count). The van der Waals surface area contributed by atoms with E-state index in [0.717, 1.165) is 24.3 Å². The van der Waals surface area contributed by atoms with Gasteiger partial charge in [0.1, 0.15) is 6.33 Å². The normalized spacial score (nSPS) is 11.3. The van der Waals surface area contributed by atoms with Crippen LogP contribution in [-0.4, -0.2) is 28.1 Å². The number of nitrogens with one attached hydrogen (secondary N) is 1. The minimum Gasteiger partial charge on any atom is -0.258 e. The van der Waals surface area contributed by atoms with Crippen LogP contribution in [0, 0.1) is 10.1 Å². The quantitative estimate of drug-likeness (QED) is 0.475. The van der Waals surface area contributed by atoms with Gasteiger partial charge in [-0.1, -0.05) is 29.3 Å². The molecule has 140 valence electrons. The second-order valence-corrected chi connectivity index (χ2v) is 7.82. The number of nitro groups is 1. The standard InChI is InChI=1S/C15H11Cl2N5O4S/c16-13-2-1-3-14(17)12(13)8-21-9-18-15(19-21)20-27(25,26)11-6-4-10(5-7-11)22(23)24/h1-7,9H,8H2,(H,19,20). The van der Waals surface area contributed by atoms with Crippen molar-refractivity contribution in [2.24, 2.45) is 0 Å². The van der Waals surface area contributed by atoms with Crippen LogP contribution in [-0.2, 0) is 16.6 Å². The van der Waals surface area contributed by atoms with Crippen LogP contribution in [0.4, 0.5) is 11.6 Å². The summed E-state index contributed by atoms with van der Waals surface area (Å²) in [6.45, 7) is 0.199. The van der Waals surface area contributed by atoms with Crippen molar-refractivity contribution in [1.29, 1.82) is 0 Å². The Labute approximate surface area is 163 Å². The van der Waals surface area contributed by atoms with Gasteiger partial charge in [0, 0.05) is 27.7 Å². The van der Waals surface area contributed by atoms with Crippen LogP contribution in [0.3, 0.4) is 0 Å². The minimum absolute atomic E-state index is 0.154. The Hall–Kier alpha value is -2.69. The highest BCUT2D eigenvalue weighted by Crippen LogP contribution is 2.25. The van der Waals surface area contributed by atoms with Crippen LogP contribution in [0.2, 0.25) is 10.0 Å². The smallest absolute Gasteiger partial charge is 0.258 e. The average molecular weight is 428 g/mol. The predicted molar refractivity (Wildman–Crippen MR) is 99.5 cm³/mol. The summed E-state index contributed by atoms with van der Waals surface area (Å²) in [4.78, 5) is 13.8. The van der Waals surface area contributed by atoms with Crippen LogP contribution >= 0.6 is 23.2 Å². The van der Waals surface area contributed by atoms with Crippen molar-refractivity contribution in [3.63, 3.8) is 0 Å². The largest absolute Gasteiger partial charge is 0.269 e. The number of anilines is 1. The fraction of sp³-hybridized carbons (Fsp3) is 0.0667. The molecule has 12 heteroatoms. The molecule has 27 heavy (non-hydrogen) atoms. The summed E-state index contributed by atoms with van der Waals surface area (Å²) < 4.78 is 28.3. The van der Waals surface area contributed by atoms with Gasteiger partial charge in [0.25, 0.3) is 21.7 Å². The van der Waals surface area contributed by atoms with Crippen LogP contribution in [0.5, 0.6) is 0 Å². The van der Waals surface area contributed by atoms with E-state index in [4.69, 9.17) is 23.2 Å². The molecule has 0 amide bonds. The number of non-ortho nitro benzene ring substituents is 1. The van der Waals surface area contributed by atoms with Gasteiger partial charge in [-0.2, -0.15) is 4.98 Å². The molecule has 0 fully saturated rings. The first kappa shape index (κ1) is 19.1. The molecule has 1 aromatic heterocycles. The lowest BCUT2D eigenvalue weighted by Crippen LogP contribution is -2.14. The van der Waals surface area contributed by atoms with Gasteiger partial charge >= 0.3 is 0 Å². The summed E-state index contributed by atoms with van der Waals surface area (Å²) in [5.74, 6) is -0.156. The van der Waals surface area contributed by atoms with E-state index in [-0.39, 0.29) is 23.1 Å². The number of aromatic nitrogens is 3. The van der Waals surface area contributed by atoms with Crippen molar-refractivity contribution in [3.05, 3.63) is 74.5 Å². The van der Waals surface area contributed by atoms with E-state index in [1.807, 2.05) is 0 Å². The van der Waals surface area contributed by atoms with Gasteiger partial charge in [0.15, 0.2) is 0 Å². The first-order valence-corrected chi connectivity index (χ1v) is 9.60. The molecule has 1 heterocycles. The maximum absolute atomic E-state index is 12.3. The highest BCUT2D eigenvalue weighted by molar-refractivity contribution is 7.92. The summed E-state index contributed by atoms with van der Waals surface area (Å²) in [6.07, 6.45) is 1.33. The second kappa shape index (κ2) is 7.51. The van der Waals surface area contributed by atoms with Crippen molar-refractivity contribution in [2.75, 3.05) is 4.72 Å². The van der Waals surface area contributed by atoms with Crippen molar-refractivity contribution in [2.45, 2.75) is 11.4 Å². The monoisotopic (exact) mass is 427 g/mol. The van der Waals surface area contributed by atoms with Crippen molar-refractivity contribution >= 4 is 44.9 Å². The molecule has 0 atom stereocenters. The molecular weight excluding hydrogens is 417 g/mol. The number of hydrogen-bond donors (Lipinski definition) is 1. The number of sulfonamides is 1. The lowest BCUT2D eigenvalue weighted by Gasteiger charge is -2.06. The molecule has 9 nitrogen and oxygen atoms in total. The molecule has 0 aliphatic carbocycles. The van der Waals surface area contributed by atoms with E-state index in [9.17, 15) is 18.5 Å². The molecule has 2 aromatic carbocycles. The fourth-order valence-electron chi connectivity index (χ4n) is 2.19. The Morgan fingerprint density at radius 1 is 1.11 bits per heavy atom. The zero-order valence-corrected chi connectivity index (χ0v) is 15.7. The number of rotatable bonds is 6. The van der Waals surface area contributed by atoms with E-state index in [2.05, 4.69) is 14.8 Å². The average Bonchev–Trinajstić information content (AvgIpc) is 3.05. The molecule has 0 aliphatic rings. The van der Waals surface area contributed by atoms with Crippen LogP contribution in [0.15, 0.2) is 53.7 Å². The van der Waals surface area contributed by atoms with Gasteiger partial charge < -0.3 is 0 Å². The molecule has 0 saturated carbocycles. The van der Waals surface area contributed by atoms with Gasteiger partial charge in [-0.3, -0.25) is 10.1 Å². The molecule has 1 N–H and O–H groups in total.